The van der Waals surface area contributed by atoms with Crippen molar-refractivity contribution in [3.8, 4) is 0 Å². The van der Waals surface area contributed by atoms with Crippen molar-refractivity contribution in [3.05, 3.63) is 65.2 Å². The number of carbonyl (C=O) groups excluding carboxylic acids is 3. The highest BCUT2D eigenvalue weighted by Gasteiger charge is 2.20. The number of esters is 1. The van der Waals surface area contributed by atoms with Crippen molar-refractivity contribution in [3.63, 3.8) is 0 Å². The molecule has 3 rings (SSSR count). The van der Waals surface area contributed by atoms with Gasteiger partial charge in [-0.2, -0.15) is 0 Å². The van der Waals surface area contributed by atoms with E-state index in [1.165, 1.54) is 18.7 Å². The summed E-state index contributed by atoms with van der Waals surface area (Å²) in [6.07, 6.45) is -0.956. The number of carbonyl (C=O) groups is 3. The predicted molar refractivity (Wildman–Crippen MR) is 112 cm³/mol. The Labute approximate surface area is 176 Å². The van der Waals surface area contributed by atoms with E-state index >= 15 is 0 Å². The largest absolute Gasteiger partial charge is 0.449 e. The van der Waals surface area contributed by atoms with Crippen LogP contribution < -0.4 is 10.2 Å². The highest BCUT2D eigenvalue weighted by atomic mass is 16.5. The third-order valence-corrected chi connectivity index (χ3v) is 5.06. The fourth-order valence-corrected chi connectivity index (χ4v) is 3.20. The maximum atomic E-state index is 12.4. The number of rotatable bonds is 7. The van der Waals surface area contributed by atoms with Crippen LogP contribution in [0.4, 0.5) is 5.69 Å². The Morgan fingerprint density at radius 2 is 1.60 bits per heavy atom. The molecule has 0 bridgehead atoms. The normalized spacial score (nSPS) is 15.3. The van der Waals surface area contributed by atoms with Crippen LogP contribution in [0.1, 0.15) is 40.1 Å². The van der Waals surface area contributed by atoms with Crippen molar-refractivity contribution < 1.29 is 28.8 Å². The van der Waals surface area contributed by atoms with Crippen molar-refractivity contribution in [2.45, 2.75) is 26.5 Å². The Morgan fingerprint density at radius 1 is 1.00 bits per heavy atom. The lowest BCUT2D eigenvalue weighted by molar-refractivity contribution is -0.921. The van der Waals surface area contributed by atoms with Crippen molar-refractivity contribution in [2.75, 3.05) is 31.6 Å². The van der Waals surface area contributed by atoms with E-state index < -0.39 is 18.0 Å². The minimum Gasteiger partial charge on any atom is -0.449 e. The van der Waals surface area contributed by atoms with Gasteiger partial charge in [-0.1, -0.05) is 12.1 Å². The van der Waals surface area contributed by atoms with Crippen LogP contribution >= 0.6 is 0 Å². The van der Waals surface area contributed by atoms with E-state index in [4.69, 9.17) is 9.47 Å². The van der Waals surface area contributed by atoms with Gasteiger partial charge in [0.1, 0.15) is 19.6 Å². The highest BCUT2D eigenvalue weighted by molar-refractivity contribution is 5.98. The summed E-state index contributed by atoms with van der Waals surface area (Å²) >= 11 is 0. The third-order valence-electron chi connectivity index (χ3n) is 5.06. The van der Waals surface area contributed by atoms with Gasteiger partial charge in [-0.15, -0.1) is 0 Å². The van der Waals surface area contributed by atoms with Gasteiger partial charge in [0, 0.05) is 16.8 Å². The molecule has 2 aromatic carbocycles. The van der Waals surface area contributed by atoms with Crippen molar-refractivity contribution in [2.24, 2.45) is 0 Å². The van der Waals surface area contributed by atoms with E-state index in [-0.39, 0.29) is 5.78 Å². The van der Waals surface area contributed by atoms with Crippen LogP contribution in [-0.2, 0) is 20.8 Å². The van der Waals surface area contributed by atoms with Gasteiger partial charge in [-0.3, -0.25) is 9.59 Å². The first-order valence-corrected chi connectivity index (χ1v) is 10.1. The van der Waals surface area contributed by atoms with Crippen molar-refractivity contribution in [1.82, 2.24) is 0 Å². The maximum Gasteiger partial charge on any atom is 0.338 e. The Bertz CT molecular complexity index is 887. The monoisotopic (exact) mass is 411 g/mol. The standard InChI is InChI=1S/C23H26N2O5/c1-16(26)19-7-9-21(10-8-19)24-22(27)17(2)30-23(28)20-5-3-18(4-6-20)15-25-11-13-29-14-12-25/h3-10,17H,11-15H2,1-2H3,(H,24,27)/p+1/t17-/m0/s1. The number of amides is 1. The molecule has 0 spiro atoms. The van der Waals surface area contributed by atoms with Crippen LogP contribution in [0.3, 0.4) is 0 Å². The first kappa shape index (κ1) is 21.7. The first-order chi connectivity index (χ1) is 14.4. The number of hydrogen-bond donors (Lipinski definition) is 2. The summed E-state index contributed by atoms with van der Waals surface area (Å²) in [5.74, 6) is -1.03. The molecule has 1 heterocycles. The zero-order valence-corrected chi connectivity index (χ0v) is 17.3. The molecule has 1 fully saturated rings. The zero-order chi connectivity index (χ0) is 21.5. The van der Waals surface area contributed by atoms with Gasteiger partial charge in [0.25, 0.3) is 5.91 Å². The quantitative estimate of drug-likeness (QED) is 0.533. The molecule has 0 saturated carbocycles. The Kier molecular flexibility index (Phi) is 7.32. The lowest BCUT2D eigenvalue weighted by Crippen LogP contribution is -3.12. The molecule has 7 nitrogen and oxygen atoms in total. The zero-order valence-electron chi connectivity index (χ0n) is 17.3. The number of benzene rings is 2. The third kappa shape index (κ3) is 5.98. The van der Waals surface area contributed by atoms with Crippen LogP contribution in [0.15, 0.2) is 48.5 Å². The number of morpholine rings is 1. The number of quaternary nitrogens is 1. The number of Topliss-reactive ketones (excluding diaryl/α,β-unsaturated/α-hetero) is 1. The summed E-state index contributed by atoms with van der Waals surface area (Å²) in [6, 6.07) is 13.8. The SMILES string of the molecule is CC(=O)c1ccc(NC(=O)[C@H](C)OC(=O)c2ccc(C[NH+]3CCOCC3)cc2)cc1. The number of nitrogens with one attached hydrogen (secondary N) is 2. The molecule has 158 valence electrons. The minimum atomic E-state index is -0.956. The molecular formula is C23H27N2O5+. The number of hydrogen-bond acceptors (Lipinski definition) is 5. The summed E-state index contributed by atoms with van der Waals surface area (Å²) in [7, 11) is 0. The molecule has 0 unspecified atom stereocenters. The lowest BCUT2D eigenvalue weighted by Gasteiger charge is -2.23. The topological polar surface area (TPSA) is 86.1 Å². The second-order valence-corrected chi connectivity index (χ2v) is 7.41. The fraction of sp³-hybridized carbons (Fsp3) is 0.348. The Balaban J connectivity index is 1.51. The minimum absolute atomic E-state index is 0.0486. The molecule has 30 heavy (non-hydrogen) atoms. The van der Waals surface area contributed by atoms with Gasteiger partial charge in [-0.25, -0.2) is 4.79 Å². The second kappa shape index (κ2) is 10.1. The second-order valence-electron chi connectivity index (χ2n) is 7.41. The summed E-state index contributed by atoms with van der Waals surface area (Å²) < 4.78 is 10.7. The lowest BCUT2D eigenvalue weighted by atomic mass is 10.1. The van der Waals surface area contributed by atoms with Crippen LogP contribution in [0.5, 0.6) is 0 Å². The van der Waals surface area contributed by atoms with E-state index in [1.54, 1.807) is 36.4 Å². The Hall–Kier alpha value is -3.03. The molecule has 0 aromatic heterocycles. The van der Waals surface area contributed by atoms with Gasteiger partial charge in [0.05, 0.1) is 18.8 Å². The average molecular weight is 411 g/mol. The van der Waals surface area contributed by atoms with Crippen LogP contribution in [0.2, 0.25) is 0 Å². The molecule has 2 aromatic rings. The van der Waals surface area contributed by atoms with E-state index in [1.807, 2.05) is 12.1 Å². The van der Waals surface area contributed by atoms with Gasteiger partial charge < -0.3 is 19.7 Å². The van der Waals surface area contributed by atoms with Gasteiger partial charge in [0.15, 0.2) is 11.9 Å². The summed E-state index contributed by atoms with van der Waals surface area (Å²) in [5, 5.41) is 2.68. The van der Waals surface area contributed by atoms with Gasteiger partial charge >= 0.3 is 5.97 Å². The molecule has 1 saturated heterocycles. The summed E-state index contributed by atoms with van der Waals surface area (Å²) in [4.78, 5) is 37.4. The first-order valence-electron chi connectivity index (χ1n) is 10.1. The van der Waals surface area contributed by atoms with Gasteiger partial charge in [-0.05, 0) is 50.2 Å². The molecule has 0 radical (unpaired) electrons. The van der Waals surface area contributed by atoms with Crippen molar-refractivity contribution in [1.29, 1.82) is 0 Å². The van der Waals surface area contributed by atoms with Gasteiger partial charge in [0.2, 0.25) is 0 Å². The number of ketones is 1. The van der Waals surface area contributed by atoms with Crippen LogP contribution in [0.25, 0.3) is 0 Å². The van der Waals surface area contributed by atoms with E-state index in [9.17, 15) is 14.4 Å². The molecule has 7 heteroatoms. The summed E-state index contributed by atoms with van der Waals surface area (Å²) in [6.45, 7) is 7.40. The smallest absolute Gasteiger partial charge is 0.338 e. The average Bonchev–Trinajstić information content (AvgIpc) is 2.75. The van der Waals surface area contributed by atoms with Crippen LogP contribution in [0, 0.1) is 0 Å². The molecule has 2 N–H and O–H groups in total. The fourth-order valence-electron chi connectivity index (χ4n) is 3.20. The molecular weight excluding hydrogens is 384 g/mol. The Morgan fingerprint density at radius 3 is 2.20 bits per heavy atom. The van der Waals surface area contributed by atoms with Crippen LogP contribution in [-0.4, -0.2) is 50.1 Å². The molecule has 1 aliphatic rings. The molecule has 1 aliphatic heterocycles. The maximum absolute atomic E-state index is 12.4. The molecule has 1 amide bonds. The number of anilines is 1. The number of ether oxygens (including phenoxy) is 2. The highest BCUT2D eigenvalue weighted by Crippen LogP contribution is 2.12. The molecule has 0 aliphatic carbocycles. The predicted octanol–water partition coefficient (Wildman–Crippen LogP) is 1.49. The van der Waals surface area contributed by atoms with E-state index in [0.29, 0.717) is 16.8 Å². The van der Waals surface area contributed by atoms with E-state index in [2.05, 4.69) is 5.32 Å². The van der Waals surface area contributed by atoms with Crippen molar-refractivity contribution >= 4 is 23.3 Å². The molecule has 1 atom stereocenters. The summed E-state index contributed by atoms with van der Waals surface area (Å²) in [5.41, 5.74) is 2.64. The van der Waals surface area contributed by atoms with E-state index in [0.717, 1.165) is 38.4 Å².